The van der Waals surface area contributed by atoms with E-state index >= 15 is 0 Å². The lowest BCUT2D eigenvalue weighted by atomic mass is 9.99. The number of likely N-dealkylation sites (tertiary alicyclic amines) is 1. The molecule has 1 fully saturated rings. The van der Waals surface area contributed by atoms with E-state index in [1.54, 1.807) is 0 Å². The SMILES string of the molecule is CC1CC(N)CCN1CC(=O)Nc1ccc(F)cc1F. The van der Waals surface area contributed by atoms with E-state index in [-0.39, 0.29) is 30.2 Å². The molecule has 1 aliphatic heterocycles. The summed E-state index contributed by atoms with van der Waals surface area (Å²) in [6.45, 7) is 2.96. The van der Waals surface area contributed by atoms with Crippen LogP contribution in [0.1, 0.15) is 19.8 Å². The minimum absolute atomic E-state index is 0.00207. The van der Waals surface area contributed by atoms with Crippen molar-refractivity contribution in [3.05, 3.63) is 29.8 Å². The average molecular weight is 283 g/mol. The average Bonchev–Trinajstić information content (AvgIpc) is 2.36. The number of carbonyl (C=O) groups is 1. The van der Waals surface area contributed by atoms with Crippen molar-refractivity contribution in [2.45, 2.75) is 31.8 Å². The molecule has 0 spiro atoms. The number of amides is 1. The fourth-order valence-corrected chi connectivity index (χ4v) is 2.46. The molecule has 2 unspecified atom stereocenters. The molecule has 0 aliphatic carbocycles. The molecule has 1 saturated heterocycles. The molecule has 1 aromatic rings. The van der Waals surface area contributed by atoms with E-state index in [2.05, 4.69) is 5.32 Å². The molecule has 1 aliphatic rings. The van der Waals surface area contributed by atoms with Gasteiger partial charge in [-0.1, -0.05) is 0 Å². The van der Waals surface area contributed by atoms with Crippen LogP contribution in [0.25, 0.3) is 0 Å². The van der Waals surface area contributed by atoms with E-state index in [0.717, 1.165) is 31.5 Å². The molecule has 1 amide bonds. The smallest absolute Gasteiger partial charge is 0.238 e. The van der Waals surface area contributed by atoms with E-state index < -0.39 is 11.6 Å². The number of hydrogen-bond acceptors (Lipinski definition) is 3. The van der Waals surface area contributed by atoms with Crippen LogP contribution in [0.3, 0.4) is 0 Å². The van der Waals surface area contributed by atoms with E-state index in [0.29, 0.717) is 0 Å². The molecule has 1 aromatic carbocycles. The number of benzene rings is 1. The Bertz CT molecular complexity index is 495. The topological polar surface area (TPSA) is 58.4 Å². The Kier molecular flexibility index (Phi) is 4.67. The van der Waals surface area contributed by atoms with Gasteiger partial charge in [-0.05, 0) is 31.9 Å². The number of hydrogen-bond donors (Lipinski definition) is 2. The van der Waals surface area contributed by atoms with Crippen molar-refractivity contribution in [1.82, 2.24) is 4.90 Å². The number of nitrogens with one attached hydrogen (secondary N) is 1. The number of nitrogens with zero attached hydrogens (tertiary/aromatic N) is 1. The molecule has 110 valence electrons. The molecule has 3 N–H and O–H groups in total. The molecular formula is C14H19F2N3O. The van der Waals surface area contributed by atoms with Gasteiger partial charge in [0.05, 0.1) is 12.2 Å². The largest absolute Gasteiger partial charge is 0.328 e. The summed E-state index contributed by atoms with van der Waals surface area (Å²) in [5.41, 5.74) is 5.86. The van der Waals surface area contributed by atoms with Crippen molar-refractivity contribution >= 4 is 11.6 Å². The molecule has 6 heteroatoms. The first-order valence-electron chi connectivity index (χ1n) is 6.70. The summed E-state index contributed by atoms with van der Waals surface area (Å²) >= 11 is 0. The van der Waals surface area contributed by atoms with Gasteiger partial charge in [0.1, 0.15) is 11.6 Å². The molecule has 2 rings (SSSR count). The number of anilines is 1. The van der Waals surface area contributed by atoms with Crippen LogP contribution >= 0.6 is 0 Å². The van der Waals surface area contributed by atoms with Gasteiger partial charge in [-0.15, -0.1) is 0 Å². The molecule has 0 bridgehead atoms. The monoisotopic (exact) mass is 283 g/mol. The third kappa shape index (κ3) is 3.74. The standard InChI is InChI=1S/C14H19F2N3O/c1-9-6-11(17)4-5-19(9)8-14(20)18-13-3-2-10(15)7-12(13)16/h2-3,7,9,11H,4-6,8,17H2,1H3,(H,18,20). The van der Waals surface area contributed by atoms with Crippen LogP contribution in [-0.2, 0) is 4.79 Å². The van der Waals surface area contributed by atoms with Gasteiger partial charge in [-0.2, -0.15) is 0 Å². The van der Waals surface area contributed by atoms with Crippen LogP contribution in [-0.4, -0.2) is 36.0 Å². The van der Waals surface area contributed by atoms with Crippen molar-refractivity contribution in [2.75, 3.05) is 18.4 Å². The fraction of sp³-hybridized carbons (Fsp3) is 0.500. The minimum atomic E-state index is -0.771. The van der Waals surface area contributed by atoms with Crippen LogP contribution in [0, 0.1) is 11.6 Å². The number of nitrogens with two attached hydrogens (primary N) is 1. The Hall–Kier alpha value is -1.53. The number of halogens is 2. The predicted molar refractivity (Wildman–Crippen MR) is 73.2 cm³/mol. The minimum Gasteiger partial charge on any atom is -0.328 e. The summed E-state index contributed by atoms with van der Waals surface area (Å²) in [5, 5.41) is 2.46. The molecule has 0 saturated carbocycles. The van der Waals surface area contributed by atoms with E-state index in [9.17, 15) is 13.6 Å². The van der Waals surface area contributed by atoms with Gasteiger partial charge in [-0.25, -0.2) is 8.78 Å². The first-order valence-corrected chi connectivity index (χ1v) is 6.70. The van der Waals surface area contributed by atoms with Gasteiger partial charge in [0.25, 0.3) is 0 Å². The Morgan fingerprint density at radius 1 is 1.50 bits per heavy atom. The molecule has 1 heterocycles. The Labute approximate surface area is 116 Å². The second-order valence-electron chi connectivity index (χ2n) is 5.28. The Balaban J connectivity index is 1.92. The van der Waals surface area contributed by atoms with Crippen LogP contribution < -0.4 is 11.1 Å². The second-order valence-corrected chi connectivity index (χ2v) is 5.28. The highest BCUT2D eigenvalue weighted by molar-refractivity contribution is 5.92. The lowest BCUT2D eigenvalue weighted by Gasteiger charge is -2.35. The van der Waals surface area contributed by atoms with E-state index in [1.807, 2.05) is 11.8 Å². The molecule has 0 radical (unpaired) electrons. The van der Waals surface area contributed by atoms with Crippen molar-refractivity contribution in [2.24, 2.45) is 5.73 Å². The van der Waals surface area contributed by atoms with Gasteiger partial charge in [0.15, 0.2) is 0 Å². The number of carbonyl (C=O) groups excluding carboxylic acids is 1. The highest BCUT2D eigenvalue weighted by atomic mass is 19.1. The Morgan fingerprint density at radius 2 is 2.25 bits per heavy atom. The molecule has 0 aromatic heterocycles. The van der Waals surface area contributed by atoms with E-state index in [1.165, 1.54) is 6.07 Å². The predicted octanol–water partition coefficient (Wildman–Crippen LogP) is 1.71. The Morgan fingerprint density at radius 3 is 2.90 bits per heavy atom. The van der Waals surface area contributed by atoms with Crippen LogP contribution in [0.5, 0.6) is 0 Å². The summed E-state index contributed by atoms with van der Waals surface area (Å²) in [5.74, 6) is -1.75. The fourth-order valence-electron chi connectivity index (χ4n) is 2.46. The zero-order valence-electron chi connectivity index (χ0n) is 11.4. The molecule has 4 nitrogen and oxygen atoms in total. The quantitative estimate of drug-likeness (QED) is 0.888. The summed E-state index contributed by atoms with van der Waals surface area (Å²) in [6, 6.07) is 3.48. The number of piperidine rings is 1. The van der Waals surface area contributed by atoms with Crippen molar-refractivity contribution < 1.29 is 13.6 Å². The first-order chi connectivity index (χ1) is 9.45. The van der Waals surface area contributed by atoms with Crippen LogP contribution in [0.2, 0.25) is 0 Å². The molecule has 2 atom stereocenters. The zero-order chi connectivity index (χ0) is 14.7. The van der Waals surface area contributed by atoms with Crippen LogP contribution in [0.15, 0.2) is 18.2 Å². The highest BCUT2D eigenvalue weighted by Gasteiger charge is 2.24. The van der Waals surface area contributed by atoms with E-state index in [4.69, 9.17) is 5.73 Å². The zero-order valence-corrected chi connectivity index (χ0v) is 11.4. The van der Waals surface area contributed by atoms with Crippen molar-refractivity contribution in [1.29, 1.82) is 0 Å². The molecular weight excluding hydrogens is 264 g/mol. The van der Waals surface area contributed by atoms with Crippen LogP contribution in [0.4, 0.5) is 14.5 Å². The van der Waals surface area contributed by atoms with Gasteiger partial charge in [0.2, 0.25) is 5.91 Å². The molecule has 20 heavy (non-hydrogen) atoms. The first kappa shape index (κ1) is 14.9. The summed E-state index contributed by atoms with van der Waals surface area (Å²) in [6.07, 6.45) is 1.70. The maximum Gasteiger partial charge on any atom is 0.238 e. The maximum absolute atomic E-state index is 13.4. The lowest BCUT2D eigenvalue weighted by molar-refractivity contribution is -0.118. The normalized spacial score (nSPS) is 23.6. The third-order valence-corrected chi connectivity index (χ3v) is 3.61. The van der Waals surface area contributed by atoms with Gasteiger partial charge in [-0.3, -0.25) is 9.69 Å². The summed E-state index contributed by atoms with van der Waals surface area (Å²) in [4.78, 5) is 13.9. The van der Waals surface area contributed by atoms with Gasteiger partial charge in [0, 0.05) is 24.7 Å². The highest BCUT2D eigenvalue weighted by Crippen LogP contribution is 2.17. The van der Waals surface area contributed by atoms with Crippen molar-refractivity contribution in [3.63, 3.8) is 0 Å². The lowest BCUT2D eigenvalue weighted by Crippen LogP contribution is -2.48. The maximum atomic E-state index is 13.4. The second kappa shape index (κ2) is 6.28. The number of rotatable bonds is 3. The van der Waals surface area contributed by atoms with Crippen molar-refractivity contribution in [3.8, 4) is 0 Å². The summed E-state index contributed by atoms with van der Waals surface area (Å²) < 4.78 is 26.2. The third-order valence-electron chi connectivity index (χ3n) is 3.61. The van der Waals surface area contributed by atoms with Gasteiger partial charge >= 0.3 is 0 Å². The summed E-state index contributed by atoms with van der Waals surface area (Å²) in [7, 11) is 0. The van der Waals surface area contributed by atoms with Gasteiger partial charge < -0.3 is 11.1 Å².